The zero-order valence-corrected chi connectivity index (χ0v) is 67.5. The number of hydrogen-bond donors (Lipinski definition) is 25. The Labute approximate surface area is 694 Å². The number of halogens is 3. The molecule has 5 aliphatic heterocycles. The molecule has 0 spiro atoms. The number of benzene rings is 1. The topological polar surface area (TPSA) is 762 Å². The number of hydrogen-bond acceptors (Lipinski definition) is 31. The van der Waals surface area contributed by atoms with Gasteiger partial charge >= 0.3 is 71.6 Å². The summed E-state index contributed by atoms with van der Waals surface area (Å²) in [4.78, 5) is 133. The molecule has 674 valence electrons. The van der Waals surface area contributed by atoms with E-state index in [2.05, 4.69) is 9.97 Å². The molecule has 1 aliphatic carbocycles. The smallest absolute Gasteiger partial charge is 0.451 e. The van der Waals surface area contributed by atoms with Crippen LogP contribution in [0.25, 0.3) is 0 Å². The van der Waals surface area contributed by atoms with E-state index in [4.69, 9.17) is 107 Å². The Balaban J connectivity index is 0.000000316. The summed E-state index contributed by atoms with van der Waals surface area (Å²) >= 11 is 0. The zero-order chi connectivity index (χ0) is 90.6. The fourth-order valence-electron chi connectivity index (χ4n) is 16.0. The number of aliphatic carboxylic acids is 5. The number of carboxylic acids is 5. The molecular weight excluding hydrogens is 1590 g/mol. The number of imidazole rings is 1. The molecule has 0 bridgehead atoms. The lowest BCUT2D eigenvalue weighted by molar-refractivity contribution is -0.152. The lowest BCUT2D eigenvalue weighted by Crippen LogP contribution is -2.55. The number of alkyl halides is 3. The number of likely N-dealkylation sites (tertiary alicyclic amines) is 5. The number of aromatic amines is 1. The van der Waals surface area contributed by atoms with E-state index in [1.54, 1.807) is 11.1 Å². The van der Waals surface area contributed by atoms with Gasteiger partial charge in [-0.25, -0.2) is 4.98 Å². The lowest BCUT2D eigenvalue weighted by atomic mass is 9.78. The van der Waals surface area contributed by atoms with Crippen LogP contribution in [0.15, 0.2) is 42.9 Å². The number of nitrogens with zero attached hydrogens (tertiary/aromatic N) is 6. The Bertz CT molecular complexity index is 3610. The summed E-state index contributed by atoms with van der Waals surface area (Å²) in [7, 11) is -5.85. The van der Waals surface area contributed by atoms with Crippen molar-refractivity contribution < 1.29 is 142 Å². The molecule has 6 aliphatic rings. The predicted octanol–water partition coefficient (Wildman–Crippen LogP) is -6.90. The van der Waals surface area contributed by atoms with Gasteiger partial charge in [0.2, 0.25) is 29.5 Å². The summed E-state index contributed by atoms with van der Waals surface area (Å²) in [5, 5.41) is 136. The summed E-state index contributed by atoms with van der Waals surface area (Å²) in [6.07, 6.45) is 6.86. The van der Waals surface area contributed by atoms with E-state index < -0.39 is 172 Å². The van der Waals surface area contributed by atoms with E-state index in [0.29, 0.717) is 70.0 Å². The summed E-state index contributed by atoms with van der Waals surface area (Å²) in [6, 6.07) is 5.09. The van der Waals surface area contributed by atoms with Gasteiger partial charge in [0, 0.05) is 126 Å². The second-order valence-electron chi connectivity index (χ2n) is 32.4. The van der Waals surface area contributed by atoms with Crippen molar-refractivity contribution in [2.24, 2.45) is 87.1 Å². The maximum absolute atomic E-state index is 12.7. The van der Waals surface area contributed by atoms with E-state index in [-0.39, 0.29) is 139 Å². The second kappa shape index (κ2) is 47.9. The molecule has 0 radical (unpaired) electrons. The van der Waals surface area contributed by atoms with Crippen LogP contribution in [0.2, 0.25) is 31.6 Å². The van der Waals surface area contributed by atoms with Crippen LogP contribution in [0.5, 0.6) is 0 Å². The van der Waals surface area contributed by atoms with Crippen LogP contribution in [0.4, 0.5) is 13.2 Å². The van der Waals surface area contributed by atoms with Crippen LogP contribution in [0.3, 0.4) is 0 Å². The lowest BCUT2D eigenvalue weighted by Gasteiger charge is -2.27. The maximum atomic E-state index is 12.7. The molecule has 14 atom stereocenters. The van der Waals surface area contributed by atoms with E-state index in [1.807, 2.05) is 30.3 Å². The van der Waals surface area contributed by atoms with Crippen molar-refractivity contribution in [3.8, 4) is 0 Å². The highest BCUT2D eigenvalue weighted by molar-refractivity contribution is 6.42. The molecule has 6 heterocycles. The number of carboxylic acid groups (broad SMARTS) is 5. The Morgan fingerprint density at radius 1 is 0.458 bits per heavy atom. The molecule has 50 heteroatoms. The van der Waals surface area contributed by atoms with Gasteiger partial charge < -0.3 is 162 Å². The van der Waals surface area contributed by atoms with Crippen molar-refractivity contribution >= 4 is 95.0 Å². The highest BCUT2D eigenvalue weighted by Gasteiger charge is 2.56. The molecule has 1 unspecified atom stereocenters. The number of aromatic nitrogens is 2. The first-order valence-corrected chi connectivity index (χ1v) is 39.9. The normalized spacial score (nSPS) is 25.6. The van der Waals surface area contributed by atoms with Gasteiger partial charge in [-0.1, -0.05) is 81.7 Å². The van der Waals surface area contributed by atoms with Crippen LogP contribution in [-0.4, -0.2) is 342 Å². The van der Waals surface area contributed by atoms with Crippen LogP contribution in [0, 0.1) is 35.5 Å². The van der Waals surface area contributed by atoms with Gasteiger partial charge in [-0.05, 0) is 88.5 Å². The minimum absolute atomic E-state index is 0.000177. The molecule has 120 heavy (non-hydrogen) atoms. The number of amides is 5. The van der Waals surface area contributed by atoms with Gasteiger partial charge in [0.05, 0.1) is 37.5 Å². The van der Waals surface area contributed by atoms with E-state index in [1.165, 1.54) is 28.1 Å². The third-order valence-corrected chi connectivity index (χ3v) is 23.0. The summed E-state index contributed by atoms with van der Waals surface area (Å²) in [6.45, 7) is 0.0654. The molecule has 2 aromatic rings. The standard InChI is InChI=1S/C17H26BN3O5.C15H27BN2O5.C14H24BN5O5.C12H21BF3N3O5.C12H24BN3O6/c19-14(9-12-5-2-1-3-6-12)15(22)21-10-13(7-4-8-18(25)26)17(20,11-21)16(23)24;17-15(14(20)21)10-18(9-12(15)7-4-8-16(22)23)13(19)11-5-2-1-3-6-11;16-11(4-10-5-18-8-19-10)12(21)20-6-9(2-1-3-15(24)25)14(17,7-20)13(22)23;14-12(15,16)4-8(17)9(20)19-5-7(2-1-3-13(23)24)11(18,6-19)10(21)22;1-22-6-9(14)10(17)16-5-8(3-2-4-13(20)21)12(15,7-16)11(18)19/h1-3,5-6,13-14,25-26H,4,7-11,19-20H2,(H,23,24);11-12,22-23H,1-10,17H2,(H,20,21);5,8-9,11,24-25H,1-4,6-7,16-17H2,(H,18,19)(H,22,23);7-8,23-24H,1-6,17-18H2,(H,21,22);8-9,20-21H,2-7,14-15H2,1H3,(H,18,19)/t13-,14-,17-;12-,15-;9-,11-,14-;7-,8?,11-;8-,9-,12-/m00000/s1. The maximum Gasteiger partial charge on any atom is 0.451 e. The van der Waals surface area contributed by atoms with Crippen LogP contribution >= 0.6 is 0 Å². The van der Waals surface area contributed by atoms with E-state index in [0.717, 1.165) is 42.6 Å². The van der Waals surface area contributed by atoms with Crippen molar-refractivity contribution in [1.82, 2.24) is 34.5 Å². The van der Waals surface area contributed by atoms with Crippen molar-refractivity contribution in [3.05, 3.63) is 54.1 Å². The fourth-order valence-corrected chi connectivity index (χ4v) is 16.0. The Kier molecular flexibility index (Phi) is 41.8. The number of rotatable bonds is 37. The first-order valence-electron chi connectivity index (χ1n) is 39.9. The first kappa shape index (κ1) is 105. The minimum atomic E-state index is -4.61. The quantitative estimate of drug-likeness (QED) is 0.0280. The highest BCUT2D eigenvalue weighted by atomic mass is 19.4. The molecule has 42 nitrogen and oxygen atoms in total. The van der Waals surface area contributed by atoms with Crippen molar-refractivity contribution in [1.29, 1.82) is 0 Å². The average molecular weight is 1710 g/mol. The molecule has 34 N–H and O–H groups in total. The number of nitrogens with one attached hydrogen (secondary N) is 1. The Hall–Kier alpha value is -7.56. The van der Waals surface area contributed by atoms with Gasteiger partial charge in [0.1, 0.15) is 33.7 Å². The summed E-state index contributed by atoms with van der Waals surface area (Å²) < 4.78 is 41.8. The molecule has 6 fully saturated rings. The molecule has 1 aromatic heterocycles. The largest absolute Gasteiger partial charge is 0.480 e. The third kappa shape index (κ3) is 31.0. The average Bonchev–Trinajstić information content (AvgIpc) is 1.65. The minimum Gasteiger partial charge on any atom is -0.480 e. The molecule has 1 aromatic carbocycles. The van der Waals surface area contributed by atoms with Crippen LogP contribution < -0.4 is 51.6 Å². The van der Waals surface area contributed by atoms with Gasteiger partial charge in [-0.3, -0.25) is 47.9 Å². The SMILES string of the molecule is COC[C@H](N)C(=O)N1C[C@H](CCCB(O)O)[C@](N)(C(=O)O)C1.NC(CC(F)(F)F)C(=O)N1C[C@H](CCCB(O)O)[C@](N)(C(=O)O)C1.N[C@@H](Cc1ccccc1)C(=O)N1C[C@H](CCCB(O)O)[C@](N)(C(=O)O)C1.N[C@@H](Cc1cnc[nH]1)C(=O)N1C[C@H](CCCB(O)O)[C@](N)(C(=O)O)C1.N[C@@]1(C(=O)O)CN(C(=O)C2CCCCC2)C[C@@H]1CCCB(O)O. The number of methoxy groups -OCH3 is 1. The molecular formula is C70H122B5F3N16O26. The van der Waals surface area contributed by atoms with Gasteiger partial charge in [0.25, 0.3) is 0 Å². The Morgan fingerprint density at radius 2 is 0.750 bits per heavy atom. The number of ether oxygens (including phenoxy) is 1. The second-order valence-corrected chi connectivity index (χ2v) is 32.4. The number of carbonyl (C=O) groups is 10. The molecule has 5 saturated heterocycles. The van der Waals surface area contributed by atoms with Gasteiger partial charge in [-0.2, -0.15) is 13.2 Å². The monoisotopic (exact) mass is 1710 g/mol. The van der Waals surface area contributed by atoms with E-state index >= 15 is 0 Å². The first-order chi connectivity index (χ1) is 55.9. The van der Waals surface area contributed by atoms with Crippen LogP contribution in [-0.2, 0) is 65.5 Å². The van der Waals surface area contributed by atoms with Crippen LogP contribution in [0.1, 0.15) is 114 Å². The predicted molar refractivity (Wildman–Crippen MR) is 428 cm³/mol. The molecule has 1 saturated carbocycles. The zero-order valence-electron chi connectivity index (χ0n) is 67.5. The highest BCUT2D eigenvalue weighted by Crippen LogP contribution is 2.38. The molecule has 5 amide bonds. The van der Waals surface area contributed by atoms with E-state index in [9.17, 15) is 86.6 Å². The van der Waals surface area contributed by atoms with Crippen molar-refractivity contribution in [3.63, 3.8) is 0 Å². The third-order valence-electron chi connectivity index (χ3n) is 23.0. The van der Waals surface area contributed by atoms with Crippen molar-refractivity contribution in [2.45, 2.75) is 205 Å². The number of nitrogens with two attached hydrogens (primary N) is 9. The van der Waals surface area contributed by atoms with Gasteiger partial charge in [0.15, 0.2) is 0 Å². The fraction of sp³-hybridized carbons (Fsp3) is 0.729. The van der Waals surface area contributed by atoms with Gasteiger partial charge in [-0.15, -0.1) is 0 Å². The number of carbonyl (C=O) groups excluding carboxylic acids is 5. The van der Waals surface area contributed by atoms with Crippen molar-refractivity contribution in [2.75, 3.05) is 79.2 Å². The Morgan fingerprint density at radius 3 is 1.03 bits per heavy atom. The summed E-state index contributed by atoms with van der Waals surface area (Å²) in [5.41, 5.74) is 46.7. The summed E-state index contributed by atoms with van der Waals surface area (Å²) in [5.74, 6) is -10.6. The molecule has 8 rings (SSSR count). The number of H-pyrrole nitrogens is 1.